The van der Waals surface area contributed by atoms with Gasteiger partial charge in [-0.15, -0.1) is 0 Å². The summed E-state index contributed by atoms with van der Waals surface area (Å²) in [6.45, 7) is 0. The first-order valence-electron chi connectivity index (χ1n) is 16.2. The maximum Gasteiger partial charge on any atom is 0.411 e. The van der Waals surface area contributed by atoms with Crippen molar-refractivity contribution in [2.75, 3.05) is 22.1 Å². The largest absolute Gasteiger partial charge is 0.411 e. The van der Waals surface area contributed by atoms with Crippen molar-refractivity contribution in [1.29, 1.82) is 0 Å². The summed E-state index contributed by atoms with van der Waals surface area (Å²) in [4.78, 5) is 0. The Morgan fingerprint density at radius 3 is 1.22 bits per heavy atom. The van der Waals surface area contributed by atoms with Gasteiger partial charge in [0.1, 0.15) is 0 Å². The molecule has 2 aliphatic rings. The predicted molar refractivity (Wildman–Crippen MR) is 191 cm³/mol. The highest BCUT2D eigenvalue weighted by Gasteiger charge is 2.72. The quantitative estimate of drug-likeness (QED) is 0.103. The summed E-state index contributed by atoms with van der Waals surface area (Å²) in [5.41, 5.74) is 15.3. The molecule has 8 rings (SSSR count). The van der Waals surface area contributed by atoms with Gasteiger partial charge in [-0.1, -0.05) is 84.9 Å². The zero-order chi connectivity index (χ0) is 35.7. The maximum atomic E-state index is 15.1. The third-order valence-corrected chi connectivity index (χ3v) is 10.1. The molecule has 0 radical (unpaired) electrons. The van der Waals surface area contributed by atoms with Crippen LogP contribution in [0.5, 0.6) is 0 Å². The van der Waals surface area contributed by atoms with Crippen LogP contribution >= 0.6 is 0 Å². The van der Waals surface area contributed by atoms with E-state index in [2.05, 4.69) is 10.6 Å². The lowest BCUT2D eigenvalue weighted by atomic mass is 9.72. The van der Waals surface area contributed by atoms with E-state index in [0.29, 0.717) is 24.2 Å². The van der Waals surface area contributed by atoms with Gasteiger partial charge < -0.3 is 22.1 Å². The number of hydrogen-bond donors (Lipinski definition) is 4. The van der Waals surface area contributed by atoms with Gasteiger partial charge in [-0.05, 0) is 92.0 Å². The van der Waals surface area contributed by atoms with Gasteiger partial charge in [-0.2, -0.15) is 26.3 Å². The number of halogens is 6. The summed E-state index contributed by atoms with van der Waals surface area (Å²) >= 11 is 0. The second-order valence-electron chi connectivity index (χ2n) is 12.9. The van der Waals surface area contributed by atoms with Crippen LogP contribution in [0.1, 0.15) is 33.4 Å². The number of nitrogens with two attached hydrogens (primary N) is 2. The Hall–Kier alpha value is -5.90. The van der Waals surface area contributed by atoms with Gasteiger partial charge in [0.2, 0.25) is 5.41 Å². The monoisotopic (exact) mass is 692 g/mol. The molecule has 0 bridgehead atoms. The molecule has 0 aliphatic heterocycles. The van der Waals surface area contributed by atoms with E-state index < -0.39 is 28.9 Å². The van der Waals surface area contributed by atoms with Gasteiger partial charge >= 0.3 is 12.4 Å². The van der Waals surface area contributed by atoms with Crippen LogP contribution in [0.2, 0.25) is 0 Å². The summed E-state index contributed by atoms with van der Waals surface area (Å²) in [5.74, 6) is 0. The molecule has 0 aromatic heterocycles. The number of nitrogens with one attached hydrogen (secondary N) is 2. The first-order valence-corrected chi connectivity index (χ1v) is 16.2. The zero-order valence-electron chi connectivity index (χ0n) is 26.9. The van der Waals surface area contributed by atoms with E-state index in [1.165, 1.54) is 0 Å². The van der Waals surface area contributed by atoms with E-state index >= 15 is 26.3 Å². The minimum absolute atomic E-state index is 0.179. The van der Waals surface area contributed by atoms with Crippen molar-refractivity contribution in [1.82, 2.24) is 0 Å². The van der Waals surface area contributed by atoms with Crippen molar-refractivity contribution in [3.8, 4) is 22.3 Å². The molecular weight excluding hydrogens is 662 g/mol. The molecule has 2 aliphatic carbocycles. The van der Waals surface area contributed by atoms with Crippen LogP contribution in [0.25, 0.3) is 22.3 Å². The van der Waals surface area contributed by atoms with Crippen LogP contribution in [0.3, 0.4) is 0 Å². The van der Waals surface area contributed by atoms with Gasteiger partial charge in [0.15, 0.2) is 0 Å². The third-order valence-electron chi connectivity index (χ3n) is 10.1. The molecule has 0 amide bonds. The van der Waals surface area contributed by atoms with Crippen LogP contribution in [0.4, 0.5) is 60.5 Å². The number of hydrogen-bond acceptors (Lipinski definition) is 4. The van der Waals surface area contributed by atoms with Crippen molar-refractivity contribution in [2.45, 2.75) is 30.6 Å². The highest BCUT2D eigenvalue weighted by atomic mass is 19.4. The van der Waals surface area contributed by atoms with Crippen molar-refractivity contribution in [3.05, 3.63) is 155 Å². The van der Waals surface area contributed by atoms with E-state index in [-0.39, 0.29) is 22.7 Å². The van der Waals surface area contributed by atoms with Crippen molar-refractivity contribution in [2.24, 2.45) is 0 Å². The highest BCUT2D eigenvalue weighted by molar-refractivity contribution is 5.87. The average molecular weight is 693 g/mol. The molecule has 0 atom stereocenters. The third kappa shape index (κ3) is 5.08. The molecule has 0 unspecified atom stereocenters. The Balaban J connectivity index is 1.15. The van der Waals surface area contributed by atoms with E-state index in [4.69, 9.17) is 11.5 Å². The van der Waals surface area contributed by atoms with Crippen molar-refractivity contribution >= 4 is 34.1 Å². The summed E-state index contributed by atoms with van der Waals surface area (Å²) < 4.78 is 90.8. The zero-order valence-corrected chi connectivity index (χ0v) is 26.9. The standard InChI is InChI=1S/C41H30F6N4/c42-40(43,44)39(41(45,46)47,25-15-17-37(33(48)21-25)50-35-13-5-11-29-27-9-3-1-7-23(27)19-31(29)35)26-16-18-38(34(49)22-26)51-36-14-6-12-30-28-10-4-2-8-24(28)20-32(30)36/h1-18,21-22,50-51H,19-20,48-49H2. The summed E-state index contributed by atoms with van der Waals surface area (Å²) in [7, 11) is 0. The second kappa shape index (κ2) is 11.6. The Kier molecular flexibility index (Phi) is 7.34. The highest BCUT2D eigenvalue weighted by Crippen LogP contribution is 2.57. The predicted octanol–water partition coefficient (Wildman–Crippen LogP) is 10.9. The van der Waals surface area contributed by atoms with Gasteiger partial charge in [-0.25, -0.2) is 0 Å². The average Bonchev–Trinajstić information content (AvgIpc) is 3.66. The fraction of sp³-hybridized carbons (Fsp3) is 0.122. The Morgan fingerprint density at radius 1 is 0.431 bits per heavy atom. The van der Waals surface area contributed by atoms with E-state index in [1.807, 2.05) is 72.8 Å². The second-order valence-corrected chi connectivity index (χ2v) is 12.9. The molecule has 4 nitrogen and oxygen atoms in total. The molecular formula is C41H30F6N4. The smallest absolute Gasteiger partial charge is 0.397 e. The lowest BCUT2D eigenvalue weighted by Crippen LogP contribution is -2.54. The molecule has 0 saturated heterocycles. The summed E-state index contributed by atoms with van der Waals surface area (Å²) in [6.07, 6.45) is -10.4. The van der Waals surface area contributed by atoms with E-state index in [9.17, 15) is 0 Å². The van der Waals surface area contributed by atoms with Crippen LogP contribution in [-0.4, -0.2) is 12.4 Å². The van der Waals surface area contributed by atoms with Crippen LogP contribution in [0.15, 0.2) is 121 Å². The molecule has 6 aromatic rings. The SMILES string of the molecule is Nc1cc(C(c2ccc(Nc3cccc4c3Cc3ccccc3-4)c(N)c2)(C(F)(F)F)C(F)(F)F)ccc1Nc1cccc2c1Cc1ccccc1-2. The van der Waals surface area contributed by atoms with Crippen LogP contribution in [-0.2, 0) is 18.3 Å². The Bertz CT molecular complexity index is 2180. The minimum Gasteiger partial charge on any atom is -0.397 e. The van der Waals surface area contributed by atoms with Crippen molar-refractivity contribution in [3.63, 3.8) is 0 Å². The number of alkyl halides is 6. The molecule has 0 spiro atoms. The number of anilines is 6. The molecule has 51 heavy (non-hydrogen) atoms. The van der Waals surface area contributed by atoms with Gasteiger partial charge in [0, 0.05) is 24.2 Å². The maximum absolute atomic E-state index is 15.1. The number of rotatable bonds is 6. The Labute approximate surface area is 289 Å². The molecule has 256 valence electrons. The number of benzene rings is 6. The normalized spacial score (nSPS) is 13.3. The van der Waals surface area contributed by atoms with E-state index in [1.54, 1.807) is 12.1 Å². The number of fused-ring (bicyclic) bond motifs is 6. The first kappa shape index (κ1) is 32.3. The summed E-state index contributed by atoms with van der Waals surface area (Å²) in [5, 5.41) is 6.30. The first-order chi connectivity index (χ1) is 24.4. The Morgan fingerprint density at radius 2 is 0.824 bits per heavy atom. The van der Waals surface area contributed by atoms with Gasteiger partial charge in [-0.3, -0.25) is 0 Å². The molecule has 0 heterocycles. The lowest BCUT2D eigenvalue weighted by molar-refractivity contribution is -0.288. The van der Waals surface area contributed by atoms with Crippen LogP contribution < -0.4 is 22.1 Å². The van der Waals surface area contributed by atoms with Gasteiger partial charge in [0.05, 0.1) is 22.7 Å². The summed E-state index contributed by atoms with van der Waals surface area (Å²) in [6, 6.07) is 32.4. The van der Waals surface area contributed by atoms with Gasteiger partial charge in [0.25, 0.3) is 0 Å². The molecule has 0 fully saturated rings. The lowest BCUT2D eigenvalue weighted by Gasteiger charge is -2.38. The van der Waals surface area contributed by atoms with Crippen LogP contribution in [0, 0.1) is 0 Å². The minimum atomic E-state index is -5.81. The topological polar surface area (TPSA) is 76.1 Å². The van der Waals surface area contributed by atoms with E-state index in [0.717, 1.165) is 80.9 Å². The fourth-order valence-electron chi connectivity index (χ4n) is 7.64. The van der Waals surface area contributed by atoms with Crippen molar-refractivity contribution < 1.29 is 26.3 Å². The molecule has 6 aromatic carbocycles. The molecule has 10 heteroatoms. The fourth-order valence-corrected chi connectivity index (χ4v) is 7.64. The molecule has 6 N–H and O–H groups in total. The molecule has 0 saturated carbocycles. The number of nitrogen functional groups attached to an aromatic ring is 2.